The Kier molecular flexibility index (Phi) is 3.63. The molecule has 1 aromatic rings. The number of rotatable bonds is 4. The lowest BCUT2D eigenvalue weighted by atomic mass is 10.1. The molecule has 88 valence electrons. The van der Waals surface area contributed by atoms with Crippen LogP contribution in [-0.2, 0) is 21.3 Å². The van der Waals surface area contributed by atoms with Crippen LogP contribution < -0.4 is 5.73 Å². The van der Waals surface area contributed by atoms with Gasteiger partial charge in [0.05, 0.1) is 4.90 Å². The highest BCUT2D eigenvalue weighted by molar-refractivity contribution is 7.85. The van der Waals surface area contributed by atoms with Crippen LogP contribution in [0, 0.1) is 0 Å². The van der Waals surface area contributed by atoms with Gasteiger partial charge >= 0.3 is 5.97 Å². The van der Waals surface area contributed by atoms with Crippen LogP contribution in [0.3, 0.4) is 0 Å². The molecule has 0 saturated heterocycles. The standard InChI is InChI=1S/C9H11NO5S/c10-8(9(11)12)5-6-2-1-3-7(4-6)16(13,14)15/h1-4,8H,5,10H2,(H,11,12)(H,13,14,15)/t8-/m0/s1. The highest BCUT2D eigenvalue weighted by atomic mass is 32.2. The third-order valence-electron chi connectivity index (χ3n) is 1.97. The number of nitrogens with two attached hydrogens (primary N) is 1. The molecule has 0 aliphatic rings. The molecule has 0 saturated carbocycles. The van der Waals surface area contributed by atoms with E-state index in [1.165, 1.54) is 24.3 Å². The Balaban J connectivity index is 2.96. The van der Waals surface area contributed by atoms with Crippen molar-refractivity contribution >= 4 is 16.1 Å². The molecule has 0 heterocycles. The van der Waals surface area contributed by atoms with Gasteiger partial charge in [-0.2, -0.15) is 8.42 Å². The summed E-state index contributed by atoms with van der Waals surface area (Å²) in [5.74, 6) is -1.17. The predicted octanol–water partition coefficient (Wildman–Crippen LogP) is -0.112. The minimum Gasteiger partial charge on any atom is -0.480 e. The molecule has 1 atom stereocenters. The van der Waals surface area contributed by atoms with Gasteiger partial charge in [-0.05, 0) is 24.1 Å². The second kappa shape index (κ2) is 4.60. The lowest BCUT2D eigenvalue weighted by Crippen LogP contribution is -2.32. The Labute approximate surface area is 92.5 Å². The summed E-state index contributed by atoms with van der Waals surface area (Å²) in [6, 6.07) is 4.25. The molecule has 0 amide bonds. The molecule has 1 aromatic carbocycles. The maximum Gasteiger partial charge on any atom is 0.320 e. The maximum absolute atomic E-state index is 10.8. The molecular formula is C9H11NO5S. The van der Waals surface area contributed by atoms with Gasteiger partial charge < -0.3 is 10.8 Å². The van der Waals surface area contributed by atoms with E-state index >= 15 is 0 Å². The largest absolute Gasteiger partial charge is 0.480 e. The molecule has 0 unspecified atom stereocenters. The predicted molar refractivity (Wildman–Crippen MR) is 55.6 cm³/mol. The lowest BCUT2D eigenvalue weighted by molar-refractivity contribution is -0.138. The zero-order valence-corrected chi connectivity index (χ0v) is 9.02. The van der Waals surface area contributed by atoms with E-state index in [-0.39, 0.29) is 11.3 Å². The molecular weight excluding hydrogens is 234 g/mol. The van der Waals surface area contributed by atoms with Crippen molar-refractivity contribution in [1.82, 2.24) is 0 Å². The van der Waals surface area contributed by atoms with Gasteiger partial charge in [0.15, 0.2) is 0 Å². The summed E-state index contributed by atoms with van der Waals surface area (Å²) in [5, 5.41) is 8.58. The summed E-state index contributed by atoms with van der Waals surface area (Å²) in [6.07, 6.45) is -0.00130. The summed E-state index contributed by atoms with van der Waals surface area (Å²) < 4.78 is 30.4. The number of carbonyl (C=O) groups is 1. The third kappa shape index (κ3) is 3.30. The van der Waals surface area contributed by atoms with Crippen LogP contribution in [0.5, 0.6) is 0 Å². The average Bonchev–Trinajstić information content (AvgIpc) is 2.16. The maximum atomic E-state index is 10.8. The molecule has 7 heteroatoms. The molecule has 0 aliphatic heterocycles. The monoisotopic (exact) mass is 245 g/mol. The van der Waals surface area contributed by atoms with Crippen molar-refractivity contribution in [2.75, 3.05) is 0 Å². The fraction of sp³-hybridized carbons (Fsp3) is 0.222. The van der Waals surface area contributed by atoms with Crippen molar-refractivity contribution in [2.24, 2.45) is 5.73 Å². The molecule has 0 aromatic heterocycles. The summed E-state index contributed by atoms with van der Waals surface area (Å²) in [5.41, 5.74) is 5.73. The smallest absolute Gasteiger partial charge is 0.320 e. The number of hydrogen-bond acceptors (Lipinski definition) is 4. The van der Waals surface area contributed by atoms with Crippen LogP contribution in [0.1, 0.15) is 5.56 Å². The second-order valence-electron chi connectivity index (χ2n) is 3.27. The van der Waals surface area contributed by atoms with Gasteiger partial charge in [-0.3, -0.25) is 9.35 Å². The number of hydrogen-bond donors (Lipinski definition) is 3. The van der Waals surface area contributed by atoms with E-state index in [2.05, 4.69) is 0 Å². The number of carboxylic acid groups (broad SMARTS) is 1. The van der Waals surface area contributed by atoms with E-state index < -0.39 is 22.1 Å². The van der Waals surface area contributed by atoms with Crippen LogP contribution >= 0.6 is 0 Å². The van der Waals surface area contributed by atoms with E-state index in [0.717, 1.165) is 0 Å². The quantitative estimate of drug-likeness (QED) is 0.637. The number of aliphatic carboxylic acids is 1. The molecule has 0 bridgehead atoms. The van der Waals surface area contributed by atoms with Crippen molar-refractivity contribution in [2.45, 2.75) is 17.4 Å². The van der Waals surface area contributed by atoms with Crippen LogP contribution in [0.4, 0.5) is 0 Å². The van der Waals surface area contributed by atoms with E-state index in [0.29, 0.717) is 5.56 Å². The van der Waals surface area contributed by atoms with Gasteiger partial charge in [0.25, 0.3) is 10.1 Å². The van der Waals surface area contributed by atoms with E-state index in [1.54, 1.807) is 0 Å². The van der Waals surface area contributed by atoms with Crippen LogP contribution in [0.2, 0.25) is 0 Å². The average molecular weight is 245 g/mol. The van der Waals surface area contributed by atoms with Crippen LogP contribution in [-0.4, -0.2) is 30.1 Å². The van der Waals surface area contributed by atoms with Gasteiger partial charge in [0, 0.05) is 0 Å². The van der Waals surface area contributed by atoms with Crippen molar-refractivity contribution in [3.8, 4) is 0 Å². The number of benzene rings is 1. The first-order valence-electron chi connectivity index (χ1n) is 4.35. The molecule has 0 aliphatic carbocycles. The Hall–Kier alpha value is -1.44. The van der Waals surface area contributed by atoms with Gasteiger partial charge in [-0.15, -0.1) is 0 Å². The van der Waals surface area contributed by atoms with Crippen LogP contribution in [0.15, 0.2) is 29.2 Å². The summed E-state index contributed by atoms with van der Waals surface area (Å²) in [7, 11) is -4.27. The SMILES string of the molecule is N[C@@H](Cc1cccc(S(=O)(=O)O)c1)C(=O)O. The minimum absolute atomic E-state index is 0.00130. The summed E-state index contributed by atoms with van der Waals surface area (Å²) >= 11 is 0. The first-order valence-corrected chi connectivity index (χ1v) is 5.79. The second-order valence-corrected chi connectivity index (χ2v) is 4.69. The zero-order valence-electron chi connectivity index (χ0n) is 8.20. The molecule has 6 nitrogen and oxygen atoms in total. The molecule has 4 N–H and O–H groups in total. The van der Waals surface area contributed by atoms with Crippen molar-refractivity contribution in [3.05, 3.63) is 29.8 Å². The number of carboxylic acids is 1. The Morgan fingerprint density at radius 1 is 1.44 bits per heavy atom. The Bertz CT molecular complexity index is 496. The van der Waals surface area contributed by atoms with E-state index in [4.69, 9.17) is 15.4 Å². The molecule has 16 heavy (non-hydrogen) atoms. The lowest BCUT2D eigenvalue weighted by Gasteiger charge is -2.07. The zero-order chi connectivity index (χ0) is 12.3. The van der Waals surface area contributed by atoms with Crippen molar-refractivity contribution in [1.29, 1.82) is 0 Å². The van der Waals surface area contributed by atoms with Gasteiger partial charge in [0.1, 0.15) is 6.04 Å². The summed E-state index contributed by atoms with van der Waals surface area (Å²) in [4.78, 5) is 10.2. The third-order valence-corrected chi connectivity index (χ3v) is 2.82. The molecule has 0 spiro atoms. The van der Waals surface area contributed by atoms with Crippen molar-refractivity contribution < 1.29 is 22.9 Å². The topological polar surface area (TPSA) is 118 Å². The van der Waals surface area contributed by atoms with Crippen LogP contribution in [0.25, 0.3) is 0 Å². The fourth-order valence-corrected chi connectivity index (χ4v) is 1.73. The van der Waals surface area contributed by atoms with E-state index in [1.807, 2.05) is 0 Å². The fourth-order valence-electron chi connectivity index (χ4n) is 1.17. The Morgan fingerprint density at radius 2 is 2.06 bits per heavy atom. The molecule has 0 radical (unpaired) electrons. The Morgan fingerprint density at radius 3 is 2.56 bits per heavy atom. The van der Waals surface area contributed by atoms with Gasteiger partial charge in [-0.25, -0.2) is 0 Å². The van der Waals surface area contributed by atoms with E-state index in [9.17, 15) is 13.2 Å². The first kappa shape index (κ1) is 12.6. The van der Waals surface area contributed by atoms with Gasteiger partial charge in [-0.1, -0.05) is 12.1 Å². The molecule has 0 fully saturated rings. The summed E-state index contributed by atoms with van der Waals surface area (Å²) in [6.45, 7) is 0. The minimum atomic E-state index is -4.27. The molecule has 1 rings (SSSR count). The highest BCUT2D eigenvalue weighted by Crippen LogP contribution is 2.12. The highest BCUT2D eigenvalue weighted by Gasteiger charge is 2.14. The van der Waals surface area contributed by atoms with Gasteiger partial charge in [0.2, 0.25) is 0 Å². The normalized spacial score (nSPS) is 13.4. The van der Waals surface area contributed by atoms with Crippen molar-refractivity contribution in [3.63, 3.8) is 0 Å². The first-order chi connectivity index (χ1) is 7.30.